The fraction of sp³-hybridized carbons (Fsp3) is 0.222. The Hall–Kier alpha value is -3.24. The van der Waals surface area contributed by atoms with Crippen molar-refractivity contribution in [1.82, 2.24) is 9.78 Å². The number of ether oxygens (including phenoxy) is 1. The second-order valence-electron chi connectivity index (χ2n) is 7.63. The van der Waals surface area contributed by atoms with Gasteiger partial charge in [-0.1, -0.05) is 60.7 Å². The van der Waals surface area contributed by atoms with Gasteiger partial charge in [0.2, 0.25) is 0 Å². The lowest BCUT2D eigenvalue weighted by atomic mass is 10.1. The first-order chi connectivity index (χ1) is 15.3. The first-order valence-electron chi connectivity index (χ1n) is 10.8. The lowest BCUT2D eigenvalue weighted by Gasteiger charge is -2.09. The highest BCUT2D eigenvalue weighted by Gasteiger charge is 2.11. The highest BCUT2D eigenvalue weighted by Crippen LogP contribution is 2.22. The van der Waals surface area contributed by atoms with E-state index < -0.39 is 0 Å². The molecule has 0 radical (unpaired) electrons. The van der Waals surface area contributed by atoms with E-state index in [0.717, 1.165) is 41.8 Å². The monoisotopic (exact) mass is 414 g/mol. The van der Waals surface area contributed by atoms with Crippen LogP contribution in [0, 0.1) is 5.82 Å². The highest BCUT2D eigenvalue weighted by molar-refractivity contribution is 5.60. The quantitative estimate of drug-likeness (QED) is 0.294. The van der Waals surface area contributed by atoms with Crippen LogP contribution in [0.15, 0.2) is 91.0 Å². The van der Waals surface area contributed by atoms with Gasteiger partial charge in [0, 0.05) is 0 Å². The summed E-state index contributed by atoms with van der Waals surface area (Å²) in [4.78, 5) is 0. The Morgan fingerprint density at radius 1 is 0.774 bits per heavy atom. The summed E-state index contributed by atoms with van der Waals surface area (Å²) in [6, 6.07) is 29.4. The van der Waals surface area contributed by atoms with Gasteiger partial charge in [-0.25, -0.2) is 4.39 Å². The molecule has 0 unspecified atom stereocenters. The van der Waals surface area contributed by atoms with Gasteiger partial charge in [-0.2, -0.15) is 5.10 Å². The Kier molecular flexibility index (Phi) is 7.24. The van der Waals surface area contributed by atoms with Crippen LogP contribution in [0.5, 0.6) is 0 Å². The fourth-order valence-corrected chi connectivity index (χ4v) is 3.65. The van der Waals surface area contributed by atoms with E-state index in [0.29, 0.717) is 19.8 Å². The van der Waals surface area contributed by atoms with Crippen LogP contribution in [0.4, 0.5) is 4.39 Å². The number of rotatable bonds is 10. The number of nitrogens with zero attached hydrogens (tertiary/aromatic N) is 2. The molecule has 0 aliphatic heterocycles. The van der Waals surface area contributed by atoms with Crippen LogP contribution in [-0.4, -0.2) is 16.4 Å². The third kappa shape index (κ3) is 6.12. The zero-order valence-corrected chi connectivity index (χ0v) is 17.6. The van der Waals surface area contributed by atoms with Crippen LogP contribution in [0.25, 0.3) is 11.3 Å². The molecular formula is C27H27FN2O. The maximum absolute atomic E-state index is 13.4. The molecule has 0 spiro atoms. The molecule has 158 valence electrons. The fourth-order valence-electron chi connectivity index (χ4n) is 3.65. The molecule has 0 amide bonds. The Morgan fingerprint density at radius 2 is 1.45 bits per heavy atom. The molecule has 3 nitrogen and oxygen atoms in total. The molecule has 1 aromatic heterocycles. The van der Waals surface area contributed by atoms with Crippen LogP contribution in [0.1, 0.15) is 23.2 Å². The van der Waals surface area contributed by atoms with Gasteiger partial charge in [-0.15, -0.1) is 0 Å². The zero-order valence-electron chi connectivity index (χ0n) is 17.6. The van der Waals surface area contributed by atoms with Crippen molar-refractivity contribution in [3.05, 3.63) is 114 Å². The maximum atomic E-state index is 13.4. The Labute approximate surface area is 183 Å². The van der Waals surface area contributed by atoms with Gasteiger partial charge >= 0.3 is 0 Å². The van der Waals surface area contributed by atoms with E-state index in [1.165, 1.54) is 17.7 Å². The molecule has 1 heterocycles. The zero-order chi connectivity index (χ0) is 21.3. The van der Waals surface area contributed by atoms with Crippen molar-refractivity contribution < 1.29 is 9.13 Å². The maximum Gasteiger partial charge on any atom is 0.123 e. The number of aryl methyl sites for hydroxylation is 2. The number of halogens is 1. The smallest absolute Gasteiger partial charge is 0.123 e. The predicted molar refractivity (Wildman–Crippen MR) is 122 cm³/mol. The van der Waals surface area contributed by atoms with E-state index in [9.17, 15) is 4.39 Å². The number of benzene rings is 3. The van der Waals surface area contributed by atoms with Gasteiger partial charge in [0.1, 0.15) is 5.82 Å². The summed E-state index contributed by atoms with van der Waals surface area (Å²) in [6.07, 6.45) is 2.97. The van der Waals surface area contributed by atoms with E-state index in [4.69, 9.17) is 9.84 Å². The summed E-state index contributed by atoms with van der Waals surface area (Å²) in [7, 11) is 0. The lowest BCUT2D eigenvalue weighted by Crippen LogP contribution is -2.09. The van der Waals surface area contributed by atoms with Crippen LogP contribution >= 0.6 is 0 Å². The Bertz CT molecular complexity index is 1060. The molecule has 0 saturated carbocycles. The molecule has 4 rings (SSSR count). The summed E-state index contributed by atoms with van der Waals surface area (Å²) in [6.45, 7) is 1.80. The average Bonchev–Trinajstić information content (AvgIpc) is 3.21. The molecule has 4 aromatic rings. The van der Waals surface area contributed by atoms with Crippen molar-refractivity contribution in [1.29, 1.82) is 0 Å². The van der Waals surface area contributed by atoms with Gasteiger partial charge in [-0.05, 0) is 66.3 Å². The van der Waals surface area contributed by atoms with Gasteiger partial charge < -0.3 is 4.74 Å². The molecule has 0 bridgehead atoms. The van der Waals surface area contributed by atoms with Crippen molar-refractivity contribution in [2.24, 2.45) is 0 Å². The molecule has 0 aliphatic carbocycles. The summed E-state index contributed by atoms with van der Waals surface area (Å²) in [5.74, 6) is -0.232. The number of aromatic nitrogens is 2. The Balaban J connectivity index is 1.41. The SMILES string of the molecule is Fc1ccc(-c2cc(CCCc3ccccc3)nn2CCOCc2ccccc2)cc1. The molecule has 0 N–H and O–H groups in total. The van der Waals surface area contributed by atoms with Crippen molar-refractivity contribution >= 4 is 0 Å². The number of hydrogen-bond acceptors (Lipinski definition) is 2. The van der Waals surface area contributed by atoms with Gasteiger partial charge in [-0.3, -0.25) is 4.68 Å². The minimum Gasteiger partial charge on any atom is -0.375 e. The van der Waals surface area contributed by atoms with E-state index in [1.54, 1.807) is 12.1 Å². The molecule has 4 heteroatoms. The van der Waals surface area contributed by atoms with E-state index in [2.05, 4.69) is 42.5 Å². The lowest BCUT2D eigenvalue weighted by molar-refractivity contribution is 0.111. The molecule has 0 fully saturated rings. The Morgan fingerprint density at radius 3 is 2.16 bits per heavy atom. The summed E-state index contributed by atoms with van der Waals surface area (Å²) < 4.78 is 21.2. The first-order valence-corrected chi connectivity index (χ1v) is 10.8. The summed E-state index contributed by atoms with van der Waals surface area (Å²) >= 11 is 0. The van der Waals surface area contributed by atoms with Crippen LogP contribution in [0.2, 0.25) is 0 Å². The van der Waals surface area contributed by atoms with Gasteiger partial charge in [0.05, 0.1) is 31.1 Å². The highest BCUT2D eigenvalue weighted by atomic mass is 19.1. The third-order valence-electron chi connectivity index (χ3n) is 5.27. The van der Waals surface area contributed by atoms with Crippen molar-refractivity contribution in [3.63, 3.8) is 0 Å². The molecule has 0 saturated heterocycles. The second-order valence-corrected chi connectivity index (χ2v) is 7.63. The van der Waals surface area contributed by atoms with Crippen LogP contribution < -0.4 is 0 Å². The largest absolute Gasteiger partial charge is 0.375 e. The van der Waals surface area contributed by atoms with Crippen molar-refractivity contribution in [2.75, 3.05) is 6.61 Å². The molecule has 3 aromatic carbocycles. The minimum absolute atomic E-state index is 0.232. The predicted octanol–water partition coefficient (Wildman–Crippen LogP) is 6.08. The number of hydrogen-bond donors (Lipinski definition) is 0. The van der Waals surface area contributed by atoms with E-state index in [1.807, 2.05) is 28.9 Å². The van der Waals surface area contributed by atoms with Crippen molar-refractivity contribution in [3.8, 4) is 11.3 Å². The van der Waals surface area contributed by atoms with Gasteiger partial charge in [0.25, 0.3) is 0 Å². The summed E-state index contributed by atoms with van der Waals surface area (Å²) in [5, 5.41) is 4.83. The van der Waals surface area contributed by atoms with E-state index >= 15 is 0 Å². The average molecular weight is 415 g/mol. The van der Waals surface area contributed by atoms with E-state index in [-0.39, 0.29) is 5.82 Å². The van der Waals surface area contributed by atoms with Crippen LogP contribution in [0.3, 0.4) is 0 Å². The molecular weight excluding hydrogens is 387 g/mol. The van der Waals surface area contributed by atoms with Crippen LogP contribution in [-0.2, 0) is 30.7 Å². The third-order valence-corrected chi connectivity index (χ3v) is 5.27. The van der Waals surface area contributed by atoms with Gasteiger partial charge in [0.15, 0.2) is 0 Å². The molecule has 0 aliphatic rings. The van der Waals surface area contributed by atoms with Crippen molar-refractivity contribution in [2.45, 2.75) is 32.4 Å². The normalized spacial score (nSPS) is 11.0. The summed E-state index contributed by atoms with van der Waals surface area (Å²) in [5.41, 5.74) is 5.51. The minimum atomic E-state index is -0.232. The topological polar surface area (TPSA) is 27.1 Å². The molecule has 31 heavy (non-hydrogen) atoms. The first kappa shape index (κ1) is 21.0. The second kappa shape index (κ2) is 10.7. The molecule has 0 atom stereocenters. The standard InChI is InChI=1S/C27H27FN2O/c28-25-16-14-24(15-17-25)27-20-26(13-7-12-22-8-3-1-4-9-22)29-30(27)18-19-31-21-23-10-5-2-6-11-23/h1-6,8-11,14-17,20H,7,12-13,18-19,21H2.